The van der Waals surface area contributed by atoms with E-state index in [1.54, 1.807) is 36.4 Å². The number of aryl methyl sites for hydroxylation is 1. The summed E-state index contributed by atoms with van der Waals surface area (Å²) in [4.78, 5) is 36.5. The molecule has 150 valence electrons. The third-order valence-corrected chi connectivity index (χ3v) is 4.38. The molecule has 0 radical (unpaired) electrons. The maximum Gasteiger partial charge on any atom is 0.312 e. The summed E-state index contributed by atoms with van der Waals surface area (Å²) in [7, 11) is 2.97. The highest BCUT2D eigenvalue weighted by Crippen LogP contribution is 2.27. The second-order valence-electron chi connectivity index (χ2n) is 6.15. The molecule has 0 atom stereocenters. The van der Waals surface area contributed by atoms with Crippen molar-refractivity contribution in [3.63, 3.8) is 0 Å². The molecule has 1 N–H and O–H groups in total. The molecule has 3 aromatic rings. The Morgan fingerprint density at radius 1 is 1.17 bits per heavy atom. The van der Waals surface area contributed by atoms with E-state index in [9.17, 15) is 14.4 Å². The maximum absolute atomic E-state index is 12.2. The first-order valence-electron chi connectivity index (χ1n) is 8.63. The first kappa shape index (κ1) is 20.3. The Hall–Kier alpha value is -3.39. The molecule has 0 spiro atoms. The van der Waals surface area contributed by atoms with Gasteiger partial charge in [-0.15, -0.1) is 0 Å². The van der Waals surface area contributed by atoms with Crippen LogP contribution in [0.3, 0.4) is 0 Å². The number of nitrogens with zero attached hydrogens (tertiary/aromatic N) is 2. The van der Waals surface area contributed by atoms with Crippen LogP contribution in [-0.4, -0.2) is 35.4 Å². The predicted octanol–water partition coefficient (Wildman–Crippen LogP) is 2.32. The van der Waals surface area contributed by atoms with Gasteiger partial charge in [0.05, 0.1) is 30.3 Å². The molecule has 0 bridgehead atoms. The number of aromatic nitrogens is 2. The number of ether oxygens (including phenoxy) is 2. The molecule has 1 amide bonds. The van der Waals surface area contributed by atoms with Gasteiger partial charge in [0.2, 0.25) is 0 Å². The molecular weight excluding hydrogens is 398 g/mol. The minimum atomic E-state index is -0.644. The SMILES string of the molecule is COc1ccc(Cl)cc1NC(=O)COC(=O)Cc1nn(C)c(=O)c2ccccc12. The van der Waals surface area contributed by atoms with E-state index >= 15 is 0 Å². The summed E-state index contributed by atoms with van der Waals surface area (Å²) in [6.45, 7) is -0.488. The van der Waals surface area contributed by atoms with Gasteiger partial charge in [-0.25, -0.2) is 4.68 Å². The zero-order valence-electron chi connectivity index (χ0n) is 15.8. The summed E-state index contributed by atoms with van der Waals surface area (Å²) < 4.78 is 11.4. The van der Waals surface area contributed by atoms with Gasteiger partial charge in [0.1, 0.15) is 5.75 Å². The van der Waals surface area contributed by atoms with Crippen molar-refractivity contribution in [2.24, 2.45) is 7.05 Å². The normalized spacial score (nSPS) is 10.6. The summed E-state index contributed by atoms with van der Waals surface area (Å²) in [5.74, 6) is -0.762. The molecule has 0 saturated carbocycles. The monoisotopic (exact) mass is 415 g/mol. The van der Waals surface area contributed by atoms with Gasteiger partial charge >= 0.3 is 5.97 Å². The molecule has 3 rings (SSSR count). The van der Waals surface area contributed by atoms with E-state index in [0.717, 1.165) is 0 Å². The predicted molar refractivity (Wildman–Crippen MR) is 108 cm³/mol. The maximum atomic E-state index is 12.2. The number of anilines is 1. The second kappa shape index (κ2) is 8.74. The zero-order valence-corrected chi connectivity index (χ0v) is 16.5. The Kier molecular flexibility index (Phi) is 6.13. The number of carbonyl (C=O) groups is 2. The largest absolute Gasteiger partial charge is 0.495 e. The van der Waals surface area contributed by atoms with Gasteiger partial charge in [0.25, 0.3) is 11.5 Å². The fourth-order valence-corrected chi connectivity index (χ4v) is 2.98. The quantitative estimate of drug-likeness (QED) is 0.620. The smallest absolute Gasteiger partial charge is 0.312 e. The number of benzene rings is 2. The van der Waals surface area contributed by atoms with Crippen molar-refractivity contribution in [2.45, 2.75) is 6.42 Å². The highest BCUT2D eigenvalue weighted by Gasteiger charge is 2.15. The van der Waals surface area contributed by atoms with Crippen LogP contribution in [0.5, 0.6) is 5.75 Å². The number of amides is 1. The molecule has 1 heterocycles. The Balaban J connectivity index is 1.66. The topological polar surface area (TPSA) is 99.5 Å². The summed E-state index contributed by atoms with van der Waals surface area (Å²) in [6.07, 6.45) is -0.178. The fraction of sp³-hybridized carbons (Fsp3) is 0.200. The molecular formula is C20H18ClN3O5. The number of rotatable bonds is 6. The average molecular weight is 416 g/mol. The van der Waals surface area contributed by atoms with Crippen LogP contribution in [0.4, 0.5) is 5.69 Å². The molecule has 0 unspecified atom stereocenters. The van der Waals surface area contributed by atoms with Crippen molar-refractivity contribution in [3.05, 3.63) is 63.5 Å². The van der Waals surface area contributed by atoms with Crippen LogP contribution >= 0.6 is 11.6 Å². The van der Waals surface area contributed by atoms with E-state index in [2.05, 4.69) is 10.4 Å². The molecule has 0 fully saturated rings. The lowest BCUT2D eigenvalue weighted by molar-refractivity contribution is -0.146. The molecule has 0 saturated heterocycles. The van der Waals surface area contributed by atoms with Crippen LogP contribution in [0, 0.1) is 0 Å². The lowest BCUT2D eigenvalue weighted by Crippen LogP contribution is -2.24. The van der Waals surface area contributed by atoms with Gasteiger partial charge in [-0.3, -0.25) is 14.4 Å². The number of halogens is 1. The summed E-state index contributed by atoms with van der Waals surface area (Å²) in [5, 5.41) is 8.17. The number of hydrogen-bond acceptors (Lipinski definition) is 6. The molecule has 0 aliphatic heterocycles. The number of esters is 1. The summed E-state index contributed by atoms with van der Waals surface area (Å²) >= 11 is 5.92. The fourth-order valence-electron chi connectivity index (χ4n) is 2.80. The molecule has 2 aromatic carbocycles. The molecule has 29 heavy (non-hydrogen) atoms. The van der Waals surface area contributed by atoms with E-state index in [0.29, 0.717) is 32.9 Å². The zero-order chi connectivity index (χ0) is 21.0. The van der Waals surface area contributed by atoms with Crippen LogP contribution < -0.4 is 15.6 Å². The van der Waals surface area contributed by atoms with Crippen molar-refractivity contribution in [1.29, 1.82) is 0 Å². The molecule has 8 nitrogen and oxygen atoms in total. The standard InChI is InChI=1S/C20H18ClN3O5/c1-24-20(27)14-6-4-3-5-13(14)15(23-24)10-19(26)29-11-18(25)22-16-9-12(21)7-8-17(16)28-2/h3-9H,10-11H2,1-2H3,(H,22,25). The first-order chi connectivity index (χ1) is 13.9. The van der Waals surface area contributed by atoms with Crippen LogP contribution in [0.2, 0.25) is 5.02 Å². The number of carbonyl (C=O) groups excluding carboxylic acids is 2. The Morgan fingerprint density at radius 3 is 2.62 bits per heavy atom. The molecule has 0 aliphatic carbocycles. The van der Waals surface area contributed by atoms with Crippen LogP contribution in [-0.2, 0) is 27.8 Å². The minimum absolute atomic E-state index is 0.178. The van der Waals surface area contributed by atoms with E-state index in [1.165, 1.54) is 24.9 Å². The summed E-state index contributed by atoms with van der Waals surface area (Å²) in [5.41, 5.74) is 0.504. The molecule has 9 heteroatoms. The Labute approximate surface area is 171 Å². The number of hydrogen-bond donors (Lipinski definition) is 1. The Morgan fingerprint density at radius 2 is 1.90 bits per heavy atom. The van der Waals surface area contributed by atoms with Crippen LogP contribution in [0.25, 0.3) is 10.8 Å². The van der Waals surface area contributed by atoms with Gasteiger partial charge in [0, 0.05) is 17.5 Å². The molecule has 1 aromatic heterocycles. The van der Waals surface area contributed by atoms with Gasteiger partial charge in [-0.05, 0) is 24.3 Å². The number of methoxy groups -OCH3 is 1. The average Bonchev–Trinajstić information content (AvgIpc) is 2.70. The van der Waals surface area contributed by atoms with Crippen molar-refractivity contribution < 1.29 is 19.1 Å². The minimum Gasteiger partial charge on any atom is -0.495 e. The summed E-state index contributed by atoms with van der Waals surface area (Å²) in [6, 6.07) is 11.6. The molecule has 0 aliphatic rings. The van der Waals surface area contributed by atoms with Gasteiger partial charge in [0.15, 0.2) is 6.61 Å². The third-order valence-electron chi connectivity index (χ3n) is 4.14. The second-order valence-corrected chi connectivity index (χ2v) is 6.59. The highest BCUT2D eigenvalue weighted by molar-refractivity contribution is 6.31. The van der Waals surface area contributed by atoms with Crippen molar-refractivity contribution in [2.75, 3.05) is 19.0 Å². The third kappa shape index (κ3) is 4.72. The lowest BCUT2D eigenvalue weighted by atomic mass is 10.1. The van der Waals surface area contributed by atoms with Crippen molar-refractivity contribution in [1.82, 2.24) is 9.78 Å². The first-order valence-corrected chi connectivity index (χ1v) is 9.00. The Bertz CT molecular complexity index is 1140. The van der Waals surface area contributed by atoms with Crippen LogP contribution in [0.1, 0.15) is 5.69 Å². The van der Waals surface area contributed by atoms with E-state index < -0.39 is 18.5 Å². The van der Waals surface area contributed by atoms with Gasteiger partial charge in [-0.1, -0.05) is 29.8 Å². The van der Waals surface area contributed by atoms with Crippen molar-refractivity contribution in [3.8, 4) is 5.75 Å². The van der Waals surface area contributed by atoms with E-state index in [1.807, 2.05) is 0 Å². The van der Waals surface area contributed by atoms with E-state index in [-0.39, 0.29) is 12.0 Å². The van der Waals surface area contributed by atoms with Crippen molar-refractivity contribution >= 4 is 39.9 Å². The van der Waals surface area contributed by atoms with E-state index in [4.69, 9.17) is 21.1 Å². The van der Waals surface area contributed by atoms with Crippen LogP contribution in [0.15, 0.2) is 47.3 Å². The van der Waals surface area contributed by atoms with Gasteiger partial charge in [-0.2, -0.15) is 5.10 Å². The lowest BCUT2D eigenvalue weighted by Gasteiger charge is -2.11. The number of fused-ring (bicyclic) bond motifs is 1. The highest BCUT2D eigenvalue weighted by atomic mass is 35.5. The number of nitrogens with one attached hydrogen (secondary N) is 1. The van der Waals surface area contributed by atoms with Gasteiger partial charge < -0.3 is 14.8 Å².